The molecule has 4 heteroatoms. The van der Waals surface area contributed by atoms with Gasteiger partial charge in [0.1, 0.15) is 6.10 Å². The number of esters is 2. The summed E-state index contributed by atoms with van der Waals surface area (Å²) in [6.07, 6.45) is 5.69. The van der Waals surface area contributed by atoms with Crippen LogP contribution in [0.3, 0.4) is 0 Å². The van der Waals surface area contributed by atoms with Crippen molar-refractivity contribution in [3.63, 3.8) is 0 Å². The number of unbranched alkanes of at least 4 members (excludes halogenated alkanes) is 2. The van der Waals surface area contributed by atoms with Gasteiger partial charge in [0.15, 0.2) is 0 Å². The molecule has 0 N–H and O–H groups in total. The standard InChI is InChI=1S/C13H24O4/c1-4-5-8-13(17-12(3)15)9-6-7-10-16-11(2)14/h13H,4-10H2,1-3H3. The van der Waals surface area contributed by atoms with Gasteiger partial charge in [-0.05, 0) is 25.7 Å². The van der Waals surface area contributed by atoms with Gasteiger partial charge < -0.3 is 9.47 Å². The third-order valence-corrected chi connectivity index (χ3v) is 2.44. The molecule has 1 atom stereocenters. The molecule has 0 aromatic carbocycles. The zero-order valence-corrected chi connectivity index (χ0v) is 11.2. The minimum absolute atomic E-state index is 0.0183. The predicted molar refractivity (Wildman–Crippen MR) is 65.6 cm³/mol. The summed E-state index contributed by atoms with van der Waals surface area (Å²) < 4.78 is 10.1. The number of rotatable bonds is 9. The van der Waals surface area contributed by atoms with Gasteiger partial charge in [-0.1, -0.05) is 19.8 Å². The molecule has 0 aromatic heterocycles. The number of hydrogen-bond donors (Lipinski definition) is 0. The highest BCUT2D eigenvalue weighted by Gasteiger charge is 2.11. The van der Waals surface area contributed by atoms with Crippen molar-refractivity contribution in [1.82, 2.24) is 0 Å². The average Bonchev–Trinajstić information content (AvgIpc) is 2.23. The highest BCUT2D eigenvalue weighted by molar-refractivity contribution is 5.66. The molecule has 0 saturated carbocycles. The van der Waals surface area contributed by atoms with Crippen molar-refractivity contribution in [2.45, 2.75) is 65.4 Å². The monoisotopic (exact) mass is 244 g/mol. The van der Waals surface area contributed by atoms with Crippen LogP contribution < -0.4 is 0 Å². The lowest BCUT2D eigenvalue weighted by molar-refractivity contribution is -0.147. The molecular weight excluding hydrogens is 220 g/mol. The average molecular weight is 244 g/mol. The maximum Gasteiger partial charge on any atom is 0.302 e. The van der Waals surface area contributed by atoms with Crippen LogP contribution in [0.5, 0.6) is 0 Å². The highest BCUT2D eigenvalue weighted by atomic mass is 16.5. The van der Waals surface area contributed by atoms with E-state index >= 15 is 0 Å². The zero-order chi connectivity index (χ0) is 13.1. The summed E-state index contributed by atoms with van der Waals surface area (Å²) in [6, 6.07) is 0. The van der Waals surface area contributed by atoms with Gasteiger partial charge in [0.05, 0.1) is 6.61 Å². The van der Waals surface area contributed by atoms with Crippen LogP contribution in [-0.4, -0.2) is 24.6 Å². The topological polar surface area (TPSA) is 52.6 Å². The number of carbonyl (C=O) groups is 2. The van der Waals surface area contributed by atoms with E-state index < -0.39 is 0 Å². The minimum Gasteiger partial charge on any atom is -0.466 e. The SMILES string of the molecule is CCCCC(CCCCOC(C)=O)OC(C)=O. The molecule has 1 unspecified atom stereocenters. The summed E-state index contributed by atoms with van der Waals surface area (Å²) in [5.74, 6) is -0.460. The van der Waals surface area contributed by atoms with Crippen molar-refractivity contribution in [1.29, 1.82) is 0 Å². The molecule has 0 bridgehead atoms. The van der Waals surface area contributed by atoms with E-state index in [1.165, 1.54) is 13.8 Å². The second kappa shape index (κ2) is 10.1. The van der Waals surface area contributed by atoms with E-state index in [0.717, 1.165) is 38.5 Å². The van der Waals surface area contributed by atoms with Crippen LogP contribution in [-0.2, 0) is 19.1 Å². The summed E-state index contributed by atoms with van der Waals surface area (Å²) in [4.78, 5) is 21.4. The lowest BCUT2D eigenvalue weighted by Crippen LogP contribution is -2.16. The van der Waals surface area contributed by atoms with E-state index in [4.69, 9.17) is 9.47 Å². The zero-order valence-electron chi connectivity index (χ0n) is 11.2. The van der Waals surface area contributed by atoms with Crippen molar-refractivity contribution in [3.8, 4) is 0 Å². The molecule has 0 aliphatic rings. The first-order valence-electron chi connectivity index (χ1n) is 6.36. The van der Waals surface area contributed by atoms with E-state index in [-0.39, 0.29) is 18.0 Å². The molecule has 17 heavy (non-hydrogen) atoms. The normalized spacial score (nSPS) is 11.9. The van der Waals surface area contributed by atoms with Crippen LogP contribution >= 0.6 is 0 Å². The molecule has 0 aliphatic carbocycles. The van der Waals surface area contributed by atoms with Crippen molar-refractivity contribution in [2.24, 2.45) is 0 Å². The van der Waals surface area contributed by atoms with E-state index in [2.05, 4.69) is 6.92 Å². The molecule has 0 amide bonds. The molecule has 4 nitrogen and oxygen atoms in total. The molecular formula is C13H24O4. The van der Waals surface area contributed by atoms with Crippen LogP contribution in [0, 0.1) is 0 Å². The van der Waals surface area contributed by atoms with Gasteiger partial charge in [-0.2, -0.15) is 0 Å². The Balaban J connectivity index is 3.67. The van der Waals surface area contributed by atoms with E-state index in [9.17, 15) is 9.59 Å². The summed E-state index contributed by atoms with van der Waals surface area (Å²) in [6.45, 7) is 5.42. The Hall–Kier alpha value is -1.06. The quantitative estimate of drug-likeness (QED) is 0.462. The summed E-state index contributed by atoms with van der Waals surface area (Å²) in [5, 5.41) is 0. The van der Waals surface area contributed by atoms with Crippen LogP contribution in [0.4, 0.5) is 0 Å². The molecule has 0 aliphatic heterocycles. The fourth-order valence-corrected chi connectivity index (χ4v) is 1.62. The second-order valence-corrected chi connectivity index (χ2v) is 4.21. The molecule has 0 fully saturated rings. The molecule has 100 valence electrons. The second-order valence-electron chi connectivity index (χ2n) is 4.21. The van der Waals surface area contributed by atoms with Crippen molar-refractivity contribution in [2.75, 3.05) is 6.61 Å². The molecule has 0 heterocycles. The number of carbonyl (C=O) groups excluding carboxylic acids is 2. The molecule has 0 spiro atoms. The fourth-order valence-electron chi connectivity index (χ4n) is 1.62. The maximum absolute atomic E-state index is 10.9. The van der Waals surface area contributed by atoms with Gasteiger partial charge in [-0.25, -0.2) is 0 Å². The Bertz CT molecular complexity index is 225. The smallest absolute Gasteiger partial charge is 0.302 e. The van der Waals surface area contributed by atoms with Crippen LogP contribution in [0.1, 0.15) is 59.3 Å². The third kappa shape index (κ3) is 11.2. The summed E-state index contributed by atoms with van der Waals surface area (Å²) in [5.41, 5.74) is 0. The number of hydrogen-bond acceptors (Lipinski definition) is 4. The van der Waals surface area contributed by atoms with Gasteiger partial charge in [0, 0.05) is 13.8 Å². The van der Waals surface area contributed by atoms with Gasteiger partial charge >= 0.3 is 11.9 Å². The Kier molecular flexibility index (Phi) is 9.49. The molecule has 0 saturated heterocycles. The largest absolute Gasteiger partial charge is 0.466 e. The highest BCUT2D eigenvalue weighted by Crippen LogP contribution is 2.12. The van der Waals surface area contributed by atoms with Crippen molar-refractivity contribution >= 4 is 11.9 Å². The first kappa shape index (κ1) is 15.9. The van der Waals surface area contributed by atoms with Crippen molar-refractivity contribution in [3.05, 3.63) is 0 Å². The van der Waals surface area contributed by atoms with Crippen LogP contribution in [0.25, 0.3) is 0 Å². The predicted octanol–water partition coefficient (Wildman–Crippen LogP) is 2.84. The Labute approximate surface area is 104 Å². The first-order valence-corrected chi connectivity index (χ1v) is 6.36. The lowest BCUT2D eigenvalue weighted by Gasteiger charge is -2.16. The summed E-state index contributed by atoms with van der Waals surface area (Å²) in [7, 11) is 0. The van der Waals surface area contributed by atoms with Gasteiger partial charge in [0.2, 0.25) is 0 Å². The molecule has 0 rings (SSSR count). The van der Waals surface area contributed by atoms with Crippen molar-refractivity contribution < 1.29 is 19.1 Å². The number of ether oxygens (including phenoxy) is 2. The Morgan fingerprint density at radius 3 is 2.18 bits per heavy atom. The van der Waals surface area contributed by atoms with E-state index in [1.54, 1.807) is 0 Å². The summed E-state index contributed by atoms with van der Waals surface area (Å²) >= 11 is 0. The van der Waals surface area contributed by atoms with E-state index in [0.29, 0.717) is 6.61 Å². The third-order valence-electron chi connectivity index (χ3n) is 2.44. The van der Waals surface area contributed by atoms with Gasteiger partial charge in [-0.3, -0.25) is 9.59 Å². The first-order chi connectivity index (χ1) is 8.06. The lowest BCUT2D eigenvalue weighted by atomic mass is 10.1. The maximum atomic E-state index is 10.9. The molecule has 0 radical (unpaired) electrons. The van der Waals surface area contributed by atoms with E-state index in [1.807, 2.05) is 0 Å². The van der Waals surface area contributed by atoms with Gasteiger partial charge in [-0.15, -0.1) is 0 Å². The van der Waals surface area contributed by atoms with Crippen LogP contribution in [0.15, 0.2) is 0 Å². The molecule has 0 aromatic rings. The Morgan fingerprint density at radius 1 is 1.00 bits per heavy atom. The fraction of sp³-hybridized carbons (Fsp3) is 0.846. The Morgan fingerprint density at radius 2 is 1.65 bits per heavy atom. The minimum atomic E-state index is -0.243. The van der Waals surface area contributed by atoms with Crippen LogP contribution in [0.2, 0.25) is 0 Å². The van der Waals surface area contributed by atoms with Gasteiger partial charge in [0.25, 0.3) is 0 Å².